The lowest BCUT2D eigenvalue weighted by Crippen LogP contribution is -2.45. The fraction of sp³-hybridized carbons (Fsp3) is 1.00. The summed E-state index contributed by atoms with van der Waals surface area (Å²) in [4.78, 5) is 0. The lowest BCUT2D eigenvalue weighted by Gasteiger charge is -2.33. The fourth-order valence-corrected chi connectivity index (χ4v) is 15.6. The van der Waals surface area contributed by atoms with Crippen molar-refractivity contribution in [3.63, 3.8) is 0 Å². The molecule has 0 atom stereocenters. The average molecular weight is 1510 g/mol. The molecule has 0 heterocycles. The van der Waals surface area contributed by atoms with Gasteiger partial charge in [-0.2, -0.15) is 0 Å². The molecule has 0 bridgehead atoms. The summed E-state index contributed by atoms with van der Waals surface area (Å²) in [5.74, 6) is 0. The van der Waals surface area contributed by atoms with E-state index in [1.165, 1.54) is 347 Å². The third kappa shape index (κ3) is 112. The molecule has 0 aliphatic heterocycles. The van der Waals surface area contributed by atoms with E-state index in [2.05, 4.69) is 223 Å². The van der Waals surface area contributed by atoms with Crippen molar-refractivity contribution in [2.24, 2.45) is 0 Å². The molecule has 24 heteroatoms. The Balaban J connectivity index is -0.0000000902. The Labute approximate surface area is 653 Å². The standard InChI is InChI=1S/8C10H24N.4BFO2/c8*1-5-8-11(4,9-6-2)10-7-3;4*2-1(3)4/h8*5-10H2,1-4H3;;;;/q8*+1;4*-2. The largest absolute Gasteiger partial charge is 0.867 e. The summed E-state index contributed by atoms with van der Waals surface area (Å²) < 4.78 is 49.8. The number of rotatable bonds is 48. The van der Waals surface area contributed by atoms with Crippen LogP contribution in [0.25, 0.3) is 0 Å². The van der Waals surface area contributed by atoms with Crippen LogP contribution in [0.5, 0.6) is 0 Å². The van der Waals surface area contributed by atoms with Crippen LogP contribution in [0.3, 0.4) is 0 Å². The first-order chi connectivity index (χ1) is 48.4. The maximum Gasteiger partial charge on any atom is 0.121 e. The van der Waals surface area contributed by atoms with E-state index in [4.69, 9.17) is 40.2 Å². The van der Waals surface area contributed by atoms with E-state index in [9.17, 15) is 17.3 Å². The molecule has 0 saturated heterocycles. The highest BCUT2D eigenvalue weighted by atomic mass is 19.1. The normalized spacial score (nSPS) is 11.2. The van der Waals surface area contributed by atoms with Gasteiger partial charge in [-0.3, -0.25) is 0 Å². The maximum atomic E-state index is 9.89. The summed E-state index contributed by atoms with van der Waals surface area (Å²) in [6, 6.07) is 0. The van der Waals surface area contributed by atoms with Crippen molar-refractivity contribution >= 4 is 29.6 Å². The Morgan fingerprint density at radius 2 is 0.163 bits per heavy atom. The van der Waals surface area contributed by atoms with Gasteiger partial charge in [-0.15, -0.1) is 0 Å². The minimum atomic E-state index is -3.17. The summed E-state index contributed by atoms with van der Waals surface area (Å²) in [5, 5.41) is 66.4. The van der Waals surface area contributed by atoms with Gasteiger partial charge in [0, 0.05) is 0 Å². The third-order valence-electron chi connectivity index (χ3n) is 18.3. The average Bonchev–Trinajstić information content (AvgIpc) is 1.01. The van der Waals surface area contributed by atoms with Gasteiger partial charge in [-0.1, -0.05) is 166 Å². The fourth-order valence-electron chi connectivity index (χ4n) is 15.6. The molecule has 0 spiro atoms. The highest BCUT2D eigenvalue weighted by Crippen LogP contribution is 2.13. The number of halogens is 4. The van der Waals surface area contributed by atoms with Gasteiger partial charge in [0.2, 0.25) is 0 Å². The summed E-state index contributed by atoms with van der Waals surface area (Å²) >= 11 is 0. The Morgan fingerprint density at radius 3 is 0.183 bits per heavy atom. The van der Waals surface area contributed by atoms with Gasteiger partial charge in [0.15, 0.2) is 0 Å². The van der Waals surface area contributed by atoms with Crippen molar-refractivity contribution in [3.8, 4) is 0 Å². The molecule has 0 fully saturated rings. The van der Waals surface area contributed by atoms with Gasteiger partial charge in [0.05, 0.1) is 213 Å². The zero-order valence-electron chi connectivity index (χ0n) is 76.6. The minimum Gasteiger partial charge on any atom is -0.867 e. The lowest BCUT2D eigenvalue weighted by molar-refractivity contribution is -0.909. The lowest BCUT2D eigenvalue weighted by atomic mass is 10.2. The van der Waals surface area contributed by atoms with E-state index in [-0.39, 0.29) is 0 Å². The summed E-state index contributed by atoms with van der Waals surface area (Å²) in [7, 11) is 6.42. The smallest absolute Gasteiger partial charge is 0.121 e. The van der Waals surface area contributed by atoms with E-state index >= 15 is 0 Å². The Bertz CT molecular complexity index is 1100. The zero-order valence-corrected chi connectivity index (χ0v) is 76.6. The molecule has 0 aromatic rings. The minimum absolute atomic E-state index is 1.28. The summed E-state index contributed by atoms with van der Waals surface area (Å²) in [5.41, 5.74) is 0. The molecule has 0 amide bonds. The van der Waals surface area contributed by atoms with Gasteiger partial charge in [0.1, 0.15) is 29.6 Å². The molecule has 0 aromatic heterocycles. The highest BCUT2D eigenvalue weighted by molar-refractivity contribution is 6.27. The molecular weight excluding hydrogens is 1320 g/mol. The molecule has 0 aliphatic carbocycles. The van der Waals surface area contributed by atoms with Crippen molar-refractivity contribution in [1.29, 1.82) is 0 Å². The molecule has 0 unspecified atom stereocenters. The molecule has 16 nitrogen and oxygen atoms in total. The summed E-state index contributed by atoms with van der Waals surface area (Å²) in [6.45, 7) is 87.1. The number of nitrogens with zero attached hydrogens (tertiary/aromatic N) is 8. The van der Waals surface area contributed by atoms with Crippen LogP contribution in [0.15, 0.2) is 0 Å². The van der Waals surface area contributed by atoms with Crippen LogP contribution in [0.4, 0.5) is 17.3 Å². The van der Waals surface area contributed by atoms with Gasteiger partial charge in [0.25, 0.3) is 0 Å². The Kier molecular flexibility index (Phi) is 114. The van der Waals surface area contributed by atoms with E-state index < -0.39 is 29.6 Å². The first kappa shape index (κ1) is 130. The molecule has 0 radical (unpaired) electrons. The predicted octanol–water partition coefficient (Wildman–Crippen LogP) is 11.9. The maximum absolute atomic E-state index is 9.89. The quantitative estimate of drug-likeness (QED) is 0.0327. The van der Waals surface area contributed by atoms with Crippen LogP contribution < -0.4 is 40.2 Å². The first-order valence-corrected chi connectivity index (χ1v) is 42.9. The van der Waals surface area contributed by atoms with Crippen molar-refractivity contribution in [1.82, 2.24) is 0 Å². The van der Waals surface area contributed by atoms with Crippen molar-refractivity contribution in [2.75, 3.05) is 213 Å². The van der Waals surface area contributed by atoms with Crippen molar-refractivity contribution in [2.45, 2.75) is 320 Å². The summed E-state index contributed by atoms with van der Waals surface area (Å²) in [6.07, 6.45) is 31.6. The highest BCUT2D eigenvalue weighted by Gasteiger charge is 2.23. The van der Waals surface area contributed by atoms with Gasteiger partial charge in [-0.25, -0.2) is 0 Å². The molecule has 104 heavy (non-hydrogen) atoms. The zero-order chi connectivity index (χ0) is 84.3. The third-order valence-corrected chi connectivity index (χ3v) is 18.3. The molecule has 640 valence electrons. The Hall–Kier alpha value is -0.660. The van der Waals surface area contributed by atoms with Crippen LogP contribution >= 0.6 is 0 Å². The van der Waals surface area contributed by atoms with E-state index in [1.807, 2.05) is 0 Å². The van der Waals surface area contributed by atoms with Gasteiger partial charge >= 0.3 is 0 Å². The molecule has 0 saturated carbocycles. The van der Waals surface area contributed by atoms with Gasteiger partial charge < -0.3 is 93.3 Å². The van der Waals surface area contributed by atoms with E-state index in [1.54, 1.807) is 0 Å². The second-order valence-electron chi connectivity index (χ2n) is 31.4. The van der Waals surface area contributed by atoms with Crippen LogP contribution in [0, 0.1) is 0 Å². The SMILES string of the molecule is CCC[N+](C)(CCC)CCC.CCC[N+](C)(CCC)CCC.CCC[N+](C)(CCC)CCC.CCC[N+](C)(CCC)CCC.CCC[N+](C)(CCC)CCC.CCC[N+](C)(CCC)CCC.CCC[N+](C)(CCC)CCC.CCC[N+](C)(CCC)CCC.[O-]B([O-])F.[O-]B([O-])F.[O-]B([O-])F.[O-]B([O-])F. The Morgan fingerprint density at radius 1 is 0.135 bits per heavy atom. The van der Waals surface area contributed by atoms with E-state index in [0.29, 0.717) is 0 Å². The van der Waals surface area contributed by atoms with Crippen molar-refractivity contribution < 1.29 is 93.3 Å². The van der Waals surface area contributed by atoms with Crippen LogP contribution in [0.2, 0.25) is 0 Å². The molecular formula is C80H192B4F4N8O8. The number of hydrogen-bond donors (Lipinski definition) is 0. The predicted molar refractivity (Wildman–Crippen MR) is 441 cm³/mol. The number of hydrogen-bond acceptors (Lipinski definition) is 8. The second-order valence-corrected chi connectivity index (χ2v) is 31.4. The monoisotopic (exact) mass is 1510 g/mol. The number of quaternary nitrogens is 8. The molecule has 0 aliphatic rings. The first-order valence-electron chi connectivity index (χ1n) is 42.9. The second kappa shape index (κ2) is 91.2. The molecule has 0 N–H and O–H groups in total. The van der Waals surface area contributed by atoms with Crippen LogP contribution in [-0.4, -0.2) is 279 Å². The topological polar surface area (TPSA) is 184 Å². The van der Waals surface area contributed by atoms with Gasteiger partial charge in [-0.05, 0) is 154 Å². The molecule has 0 aromatic carbocycles. The van der Waals surface area contributed by atoms with Crippen LogP contribution in [-0.2, 0) is 0 Å². The van der Waals surface area contributed by atoms with Crippen LogP contribution in [0.1, 0.15) is 320 Å². The van der Waals surface area contributed by atoms with Crippen molar-refractivity contribution in [3.05, 3.63) is 0 Å². The van der Waals surface area contributed by atoms with E-state index in [0.717, 1.165) is 0 Å². The molecule has 0 rings (SSSR count).